The first kappa shape index (κ1) is 12.1. The van der Waals surface area contributed by atoms with E-state index in [-0.39, 0.29) is 5.82 Å². The van der Waals surface area contributed by atoms with Crippen molar-refractivity contribution in [2.45, 2.75) is 0 Å². The van der Waals surface area contributed by atoms with Gasteiger partial charge in [-0.1, -0.05) is 40.2 Å². The lowest BCUT2D eigenvalue weighted by Crippen LogP contribution is -2.03. The van der Waals surface area contributed by atoms with Crippen LogP contribution >= 0.6 is 15.9 Å². The fraction of sp³-hybridized carbons (Fsp3) is 0. The van der Waals surface area contributed by atoms with E-state index in [0.29, 0.717) is 21.2 Å². The second-order valence-electron chi connectivity index (χ2n) is 4.11. The first-order chi connectivity index (χ1) is 9.15. The van der Waals surface area contributed by atoms with Gasteiger partial charge in [0.05, 0.1) is 5.56 Å². The van der Waals surface area contributed by atoms with Crippen LogP contribution in [0.4, 0.5) is 4.39 Å². The third-order valence-electron chi connectivity index (χ3n) is 2.86. The van der Waals surface area contributed by atoms with E-state index in [4.69, 9.17) is 4.42 Å². The molecule has 0 aliphatic heterocycles. The Morgan fingerprint density at radius 3 is 2.58 bits per heavy atom. The topological polar surface area (TPSA) is 30.2 Å². The molecule has 0 fully saturated rings. The maximum absolute atomic E-state index is 13.1. The molecule has 0 saturated carbocycles. The Balaban J connectivity index is 2.30. The van der Waals surface area contributed by atoms with E-state index in [9.17, 15) is 9.18 Å². The Morgan fingerprint density at radius 2 is 1.79 bits per heavy atom. The van der Waals surface area contributed by atoms with Crippen LogP contribution in [0.1, 0.15) is 0 Å². The smallest absolute Gasteiger partial charge is 0.344 e. The van der Waals surface area contributed by atoms with E-state index in [0.717, 1.165) is 5.39 Å². The van der Waals surface area contributed by atoms with E-state index in [1.807, 2.05) is 12.1 Å². The Hall–Kier alpha value is -1.94. The highest BCUT2D eigenvalue weighted by Gasteiger charge is 2.11. The third kappa shape index (κ3) is 2.19. The Morgan fingerprint density at radius 1 is 1.00 bits per heavy atom. The molecule has 3 rings (SSSR count). The van der Waals surface area contributed by atoms with Crippen LogP contribution in [0.5, 0.6) is 0 Å². The SMILES string of the molecule is O=c1oc2ccccc2cc1-c1ccc(F)cc1Br. The summed E-state index contributed by atoms with van der Waals surface area (Å²) < 4.78 is 18.9. The largest absolute Gasteiger partial charge is 0.422 e. The van der Waals surface area contributed by atoms with Crippen LogP contribution in [0.25, 0.3) is 22.1 Å². The summed E-state index contributed by atoms with van der Waals surface area (Å²) in [5, 5.41) is 0.827. The molecule has 2 aromatic carbocycles. The summed E-state index contributed by atoms with van der Waals surface area (Å²) in [6.45, 7) is 0. The van der Waals surface area contributed by atoms with Crippen LogP contribution < -0.4 is 5.63 Å². The van der Waals surface area contributed by atoms with Crippen molar-refractivity contribution >= 4 is 26.9 Å². The Labute approximate surface area is 116 Å². The third-order valence-corrected chi connectivity index (χ3v) is 3.52. The maximum atomic E-state index is 13.1. The molecular formula is C15H8BrFO2. The minimum atomic E-state index is -0.439. The number of hydrogen-bond donors (Lipinski definition) is 0. The van der Waals surface area contributed by atoms with Gasteiger partial charge in [0.25, 0.3) is 0 Å². The zero-order chi connectivity index (χ0) is 13.4. The van der Waals surface area contributed by atoms with E-state index in [2.05, 4.69) is 15.9 Å². The first-order valence-electron chi connectivity index (χ1n) is 5.63. The lowest BCUT2D eigenvalue weighted by Gasteiger charge is -2.05. The molecule has 0 radical (unpaired) electrons. The fourth-order valence-corrected chi connectivity index (χ4v) is 2.52. The van der Waals surface area contributed by atoms with Gasteiger partial charge < -0.3 is 4.42 Å². The highest BCUT2D eigenvalue weighted by Crippen LogP contribution is 2.28. The average Bonchev–Trinajstić information content (AvgIpc) is 2.38. The molecule has 1 aromatic heterocycles. The van der Waals surface area contributed by atoms with Gasteiger partial charge in [-0.3, -0.25) is 0 Å². The van der Waals surface area contributed by atoms with Gasteiger partial charge in [-0.15, -0.1) is 0 Å². The van der Waals surface area contributed by atoms with Crippen molar-refractivity contribution in [3.8, 4) is 11.1 Å². The zero-order valence-electron chi connectivity index (χ0n) is 9.69. The molecular weight excluding hydrogens is 311 g/mol. The molecule has 2 nitrogen and oxygen atoms in total. The Bertz CT molecular complexity index is 824. The molecule has 0 aliphatic rings. The van der Waals surface area contributed by atoms with Gasteiger partial charge in [0.1, 0.15) is 11.4 Å². The van der Waals surface area contributed by atoms with Crippen molar-refractivity contribution < 1.29 is 8.81 Å². The number of halogens is 2. The highest BCUT2D eigenvalue weighted by atomic mass is 79.9. The van der Waals surface area contributed by atoms with Gasteiger partial charge in [0.2, 0.25) is 0 Å². The minimum Gasteiger partial charge on any atom is -0.422 e. The van der Waals surface area contributed by atoms with Gasteiger partial charge in [-0.05, 0) is 24.3 Å². The monoisotopic (exact) mass is 318 g/mol. The van der Waals surface area contributed by atoms with E-state index in [1.54, 1.807) is 24.3 Å². The van der Waals surface area contributed by atoms with Gasteiger partial charge in [-0.25, -0.2) is 9.18 Å². The van der Waals surface area contributed by atoms with Crippen molar-refractivity contribution in [3.63, 3.8) is 0 Å². The summed E-state index contributed by atoms with van der Waals surface area (Å²) >= 11 is 3.26. The second-order valence-corrected chi connectivity index (χ2v) is 4.96. The van der Waals surface area contributed by atoms with Crippen LogP contribution in [0.15, 0.2) is 62.2 Å². The number of fused-ring (bicyclic) bond motifs is 1. The molecule has 0 N–H and O–H groups in total. The molecule has 0 bridgehead atoms. The number of para-hydroxylation sites is 1. The van der Waals surface area contributed by atoms with Crippen molar-refractivity contribution in [2.24, 2.45) is 0 Å². The van der Waals surface area contributed by atoms with Gasteiger partial charge in [-0.2, -0.15) is 0 Å². The molecule has 0 unspecified atom stereocenters. The predicted octanol–water partition coefficient (Wildman–Crippen LogP) is 4.36. The molecule has 0 spiro atoms. The second kappa shape index (κ2) is 4.63. The molecule has 19 heavy (non-hydrogen) atoms. The minimum absolute atomic E-state index is 0.360. The number of rotatable bonds is 1. The molecule has 0 amide bonds. The van der Waals surface area contributed by atoms with Gasteiger partial charge in [0, 0.05) is 15.4 Å². The van der Waals surface area contributed by atoms with Crippen molar-refractivity contribution in [1.82, 2.24) is 0 Å². The normalized spacial score (nSPS) is 10.8. The van der Waals surface area contributed by atoms with E-state index >= 15 is 0 Å². The summed E-state index contributed by atoms with van der Waals surface area (Å²) in [6, 6.07) is 13.2. The van der Waals surface area contributed by atoms with Crippen LogP contribution in [0, 0.1) is 5.82 Å². The lowest BCUT2D eigenvalue weighted by molar-refractivity contribution is 0.563. The zero-order valence-corrected chi connectivity index (χ0v) is 11.3. The Kier molecular flexibility index (Phi) is 2.95. The first-order valence-corrected chi connectivity index (χ1v) is 6.43. The van der Waals surface area contributed by atoms with E-state index < -0.39 is 5.63 Å². The standard InChI is InChI=1S/C15H8BrFO2/c16-13-8-10(17)5-6-11(13)12-7-9-3-1-2-4-14(9)19-15(12)18/h1-8H. The molecule has 4 heteroatoms. The van der Waals surface area contributed by atoms with Gasteiger partial charge in [0.15, 0.2) is 0 Å². The highest BCUT2D eigenvalue weighted by molar-refractivity contribution is 9.10. The summed E-state index contributed by atoms with van der Waals surface area (Å²) in [4.78, 5) is 12.0. The molecule has 1 heterocycles. The van der Waals surface area contributed by atoms with Crippen LogP contribution in [-0.2, 0) is 0 Å². The van der Waals surface area contributed by atoms with Crippen molar-refractivity contribution in [3.05, 3.63) is 69.2 Å². The molecule has 94 valence electrons. The van der Waals surface area contributed by atoms with Crippen molar-refractivity contribution in [1.29, 1.82) is 0 Å². The summed E-state index contributed by atoms with van der Waals surface area (Å²) in [5.41, 5.74) is 1.12. The van der Waals surface area contributed by atoms with Crippen LogP contribution in [0.2, 0.25) is 0 Å². The van der Waals surface area contributed by atoms with Crippen LogP contribution in [0.3, 0.4) is 0 Å². The summed E-state index contributed by atoms with van der Waals surface area (Å²) in [7, 11) is 0. The predicted molar refractivity (Wildman–Crippen MR) is 75.6 cm³/mol. The maximum Gasteiger partial charge on any atom is 0.344 e. The quantitative estimate of drug-likeness (QED) is 0.624. The molecule has 0 aliphatic carbocycles. The lowest BCUT2D eigenvalue weighted by atomic mass is 10.1. The summed E-state index contributed by atoms with van der Waals surface area (Å²) in [6.07, 6.45) is 0. The molecule has 3 aromatic rings. The van der Waals surface area contributed by atoms with Gasteiger partial charge >= 0.3 is 5.63 Å². The van der Waals surface area contributed by atoms with E-state index in [1.165, 1.54) is 12.1 Å². The summed E-state index contributed by atoms with van der Waals surface area (Å²) in [5.74, 6) is -0.360. The molecule has 0 saturated heterocycles. The molecule has 0 atom stereocenters. The fourth-order valence-electron chi connectivity index (χ4n) is 1.96. The van der Waals surface area contributed by atoms with Crippen LogP contribution in [-0.4, -0.2) is 0 Å². The average molecular weight is 319 g/mol. The van der Waals surface area contributed by atoms with Crippen molar-refractivity contribution in [2.75, 3.05) is 0 Å². The number of benzene rings is 2. The number of hydrogen-bond acceptors (Lipinski definition) is 2.